The summed E-state index contributed by atoms with van der Waals surface area (Å²) in [4.78, 5) is 22.6. The van der Waals surface area contributed by atoms with Crippen LogP contribution in [-0.4, -0.2) is 34.0 Å². The quantitative estimate of drug-likeness (QED) is 0.712. The van der Waals surface area contributed by atoms with Crippen LogP contribution in [0.5, 0.6) is 0 Å². The summed E-state index contributed by atoms with van der Waals surface area (Å²) in [5.74, 6) is 0.392. The van der Waals surface area contributed by atoms with E-state index in [0.29, 0.717) is 11.5 Å². The molecule has 1 amide bonds. The Morgan fingerprint density at radius 1 is 1.50 bits per heavy atom. The third-order valence-electron chi connectivity index (χ3n) is 4.15. The second-order valence-electron chi connectivity index (χ2n) is 6.20. The van der Waals surface area contributed by atoms with Crippen molar-refractivity contribution < 1.29 is 14.7 Å². The molecule has 110 valence electrons. The monoisotopic (exact) mass is 296 g/mol. The highest BCUT2D eigenvalue weighted by Crippen LogP contribution is 2.51. The zero-order valence-electron chi connectivity index (χ0n) is 11.6. The number of nitrogens with one attached hydrogen (secondary N) is 1. The molecule has 2 fully saturated rings. The van der Waals surface area contributed by atoms with Crippen molar-refractivity contribution in [3.8, 4) is 6.07 Å². The smallest absolute Gasteiger partial charge is 0.303 e. The van der Waals surface area contributed by atoms with Gasteiger partial charge in [-0.05, 0) is 49.7 Å². The molecule has 0 aromatic rings. The Balaban J connectivity index is 1.71. The highest BCUT2D eigenvalue weighted by Gasteiger charge is 2.45. The van der Waals surface area contributed by atoms with Crippen LogP contribution in [-0.2, 0) is 9.59 Å². The number of rotatable bonds is 8. The zero-order chi connectivity index (χ0) is 14.8. The molecule has 20 heavy (non-hydrogen) atoms. The Morgan fingerprint density at radius 3 is 2.60 bits per heavy atom. The van der Waals surface area contributed by atoms with Crippen LogP contribution >= 0.6 is 11.8 Å². The van der Waals surface area contributed by atoms with Gasteiger partial charge in [0.1, 0.15) is 5.54 Å². The van der Waals surface area contributed by atoms with Gasteiger partial charge in [0.25, 0.3) is 0 Å². The summed E-state index contributed by atoms with van der Waals surface area (Å²) in [6, 6.07) is 2.20. The Bertz CT molecular complexity index is 452. The molecule has 0 radical (unpaired) electrons. The van der Waals surface area contributed by atoms with Crippen molar-refractivity contribution in [2.75, 3.05) is 11.5 Å². The molecule has 2 saturated carbocycles. The first-order valence-electron chi connectivity index (χ1n) is 6.91. The minimum atomic E-state index is -0.765. The summed E-state index contributed by atoms with van der Waals surface area (Å²) in [7, 11) is 0. The van der Waals surface area contributed by atoms with Crippen molar-refractivity contribution in [1.29, 1.82) is 5.26 Å². The van der Waals surface area contributed by atoms with Gasteiger partial charge in [0, 0.05) is 0 Å². The Hall–Kier alpha value is -1.22. The molecule has 0 spiro atoms. The lowest BCUT2D eigenvalue weighted by Gasteiger charge is -2.23. The standard InChI is InChI=1S/C14H20N2O3S/c1-13(8-15,10-2-3-10)16-11(17)7-20-9-14(4-5-14)6-12(18)19/h10H,2-7,9H2,1H3,(H,16,17)(H,18,19). The third kappa shape index (κ3) is 3.89. The molecule has 0 bridgehead atoms. The second-order valence-corrected chi connectivity index (χ2v) is 7.19. The van der Waals surface area contributed by atoms with E-state index in [1.54, 1.807) is 6.92 Å². The molecule has 0 aromatic carbocycles. The van der Waals surface area contributed by atoms with E-state index in [-0.39, 0.29) is 23.7 Å². The first-order valence-corrected chi connectivity index (χ1v) is 8.06. The Morgan fingerprint density at radius 2 is 2.15 bits per heavy atom. The second kappa shape index (κ2) is 5.65. The van der Waals surface area contributed by atoms with Crippen molar-refractivity contribution in [2.45, 2.75) is 44.6 Å². The minimum Gasteiger partial charge on any atom is -0.481 e. The van der Waals surface area contributed by atoms with E-state index in [1.165, 1.54) is 11.8 Å². The Labute approximate surface area is 123 Å². The van der Waals surface area contributed by atoms with Crippen LogP contribution < -0.4 is 5.32 Å². The number of carboxylic acids is 1. The van der Waals surface area contributed by atoms with E-state index >= 15 is 0 Å². The molecule has 2 N–H and O–H groups in total. The molecule has 0 saturated heterocycles. The molecule has 6 heteroatoms. The summed E-state index contributed by atoms with van der Waals surface area (Å²) in [6.45, 7) is 1.78. The summed E-state index contributed by atoms with van der Waals surface area (Å²) in [5, 5.41) is 20.8. The van der Waals surface area contributed by atoms with Gasteiger partial charge < -0.3 is 10.4 Å². The number of hydrogen-bond donors (Lipinski definition) is 2. The summed E-state index contributed by atoms with van der Waals surface area (Å²) in [5.41, 5.74) is -0.832. The molecule has 2 aliphatic rings. The van der Waals surface area contributed by atoms with Gasteiger partial charge in [-0.1, -0.05) is 0 Å². The molecule has 2 aliphatic carbocycles. The van der Waals surface area contributed by atoms with Crippen LogP contribution in [0.25, 0.3) is 0 Å². The fraction of sp³-hybridized carbons (Fsp3) is 0.786. The van der Waals surface area contributed by atoms with E-state index < -0.39 is 11.5 Å². The fourth-order valence-corrected chi connectivity index (χ4v) is 3.62. The van der Waals surface area contributed by atoms with Gasteiger partial charge in [-0.2, -0.15) is 17.0 Å². The minimum absolute atomic E-state index is 0.0915. The number of amides is 1. The van der Waals surface area contributed by atoms with Crippen molar-refractivity contribution in [2.24, 2.45) is 11.3 Å². The van der Waals surface area contributed by atoms with Gasteiger partial charge in [-0.3, -0.25) is 9.59 Å². The SMILES string of the molecule is CC(C#N)(NC(=O)CSCC1(CC(=O)O)CC1)C1CC1. The lowest BCUT2D eigenvalue weighted by atomic mass is 9.98. The lowest BCUT2D eigenvalue weighted by molar-refractivity contribution is -0.138. The summed E-state index contributed by atoms with van der Waals surface area (Å²) >= 11 is 1.47. The molecular formula is C14H20N2O3S. The van der Waals surface area contributed by atoms with Crippen molar-refractivity contribution in [3.63, 3.8) is 0 Å². The van der Waals surface area contributed by atoms with Gasteiger partial charge >= 0.3 is 5.97 Å². The molecule has 0 heterocycles. The van der Waals surface area contributed by atoms with Gasteiger partial charge in [0.05, 0.1) is 18.2 Å². The summed E-state index contributed by atoms with van der Waals surface area (Å²) in [6.07, 6.45) is 4.07. The maximum atomic E-state index is 11.9. The largest absolute Gasteiger partial charge is 0.481 e. The van der Waals surface area contributed by atoms with E-state index in [2.05, 4.69) is 11.4 Å². The van der Waals surface area contributed by atoms with E-state index in [9.17, 15) is 14.9 Å². The normalized spacial score (nSPS) is 22.4. The van der Waals surface area contributed by atoms with Crippen molar-refractivity contribution in [1.82, 2.24) is 5.32 Å². The molecular weight excluding hydrogens is 276 g/mol. The first-order chi connectivity index (χ1) is 9.39. The molecule has 1 atom stereocenters. The number of thioether (sulfide) groups is 1. The van der Waals surface area contributed by atoms with Crippen LogP contribution in [0, 0.1) is 22.7 Å². The van der Waals surface area contributed by atoms with Gasteiger partial charge in [-0.15, -0.1) is 0 Å². The first kappa shape index (κ1) is 15.2. The van der Waals surface area contributed by atoms with E-state index in [0.717, 1.165) is 25.7 Å². The van der Waals surface area contributed by atoms with E-state index in [1.807, 2.05) is 0 Å². The predicted molar refractivity (Wildman–Crippen MR) is 76.1 cm³/mol. The van der Waals surface area contributed by atoms with Crippen LogP contribution in [0.3, 0.4) is 0 Å². The molecule has 5 nitrogen and oxygen atoms in total. The third-order valence-corrected chi connectivity index (χ3v) is 5.43. The average molecular weight is 296 g/mol. The zero-order valence-corrected chi connectivity index (χ0v) is 12.5. The van der Waals surface area contributed by atoms with Gasteiger partial charge in [0.2, 0.25) is 5.91 Å². The number of hydrogen-bond acceptors (Lipinski definition) is 4. The lowest BCUT2D eigenvalue weighted by Crippen LogP contribution is -2.47. The molecule has 0 aliphatic heterocycles. The van der Waals surface area contributed by atoms with Crippen molar-refractivity contribution >= 4 is 23.6 Å². The van der Waals surface area contributed by atoms with E-state index in [4.69, 9.17) is 5.11 Å². The number of nitrogens with zero attached hydrogens (tertiary/aromatic N) is 1. The van der Waals surface area contributed by atoms with Crippen molar-refractivity contribution in [3.05, 3.63) is 0 Å². The molecule has 0 aromatic heterocycles. The number of aliphatic carboxylic acids is 1. The number of carbonyl (C=O) groups is 2. The number of carboxylic acid groups (broad SMARTS) is 1. The highest BCUT2D eigenvalue weighted by atomic mass is 32.2. The number of carbonyl (C=O) groups excluding carboxylic acids is 1. The van der Waals surface area contributed by atoms with Crippen LogP contribution in [0.2, 0.25) is 0 Å². The van der Waals surface area contributed by atoms with Gasteiger partial charge in [-0.25, -0.2) is 0 Å². The summed E-state index contributed by atoms with van der Waals surface area (Å²) < 4.78 is 0. The van der Waals surface area contributed by atoms with Crippen LogP contribution in [0.4, 0.5) is 0 Å². The average Bonchev–Trinajstić information content (AvgIpc) is 3.22. The molecule has 2 rings (SSSR count). The predicted octanol–water partition coefficient (Wildman–Crippen LogP) is 1.78. The molecule has 1 unspecified atom stereocenters. The van der Waals surface area contributed by atoms with Crippen LogP contribution in [0.1, 0.15) is 39.0 Å². The maximum Gasteiger partial charge on any atom is 0.303 e. The maximum absolute atomic E-state index is 11.9. The Kier molecular flexibility index (Phi) is 4.28. The topological polar surface area (TPSA) is 90.2 Å². The highest BCUT2D eigenvalue weighted by molar-refractivity contribution is 7.99. The fourth-order valence-electron chi connectivity index (χ4n) is 2.44. The number of nitriles is 1. The van der Waals surface area contributed by atoms with Crippen LogP contribution in [0.15, 0.2) is 0 Å². The van der Waals surface area contributed by atoms with Gasteiger partial charge in [0.15, 0.2) is 0 Å².